The van der Waals surface area contributed by atoms with Gasteiger partial charge in [0.2, 0.25) is 0 Å². The van der Waals surface area contributed by atoms with Crippen molar-refractivity contribution in [1.82, 2.24) is 9.97 Å². The molecule has 1 aromatic heterocycles. The maximum absolute atomic E-state index is 10.7. The van der Waals surface area contributed by atoms with Crippen molar-refractivity contribution in [3.05, 3.63) is 23.2 Å². The Balaban J connectivity index is 2.96. The molecule has 0 aliphatic carbocycles. The van der Waals surface area contributed by atoms with Crippen molar-refractivity contribution in [3.8, 4) is 0 Å². The van der Waals surface area contributed by atoms with E-state index in [4.69, 9.17) is 11.6 Å². The first-order chi connectivity index (χ1) is 5.24. The molecule has 4 nitrogen and oxygen atoms in total. The molecule has 0 aliphatic rings. The van der Waals surface area contributed by atoms with Crippen molar-refractivity contribution in [2.75, 3.05) is 0 Å². The highest BCUT2D eigenvalue weighted by Crippen LogP contribution is 2.04. The summed E-state index contributed by atoms with van der Waals surface area (Å²) in [4.78, 5) is 18.0. The second kappa shape index (κ2) is 3.64. The number of halogens is 2. The van der Waals surface area contributed by atoms with Crippen LogP contribution in [0.2, 0.25) is 5.15 Å². The largest absolute Gasteiger partial charge is 0.379 e. The van der Waals surface area contributed by atoms with Gasteiger partial charge in [-0.1, -0.05) is 11.6 Å². The maximum atomic E-state index is 10.7. The van der Waals surface area contributed by atoms with Gasteiger partial charge in [0.15, 0.2) is 22.0 Å². The molecule has 0 spiro atoms. The normalized spacial score (nSPS) is 9.27. The lowest BCUT2D eigenvalue weighted by Gasteiger charge is -1.93. The van der Waals surface area contributed by atoms with Gasteiger partial charge in [0, 0.05) is 0 Å². The van der Waals surface area contributed by atoms with Gasteiger partial charge in [-0.3, -0.25) is 4.98 Å². The van der Waals surface area contributed by atoms with E-state index in [0.29, 0.717) is 0 Å². The predicted octanol–water partition coefficient (Wildman–Crippen LogP) is 1.60. The average Bonchev–Trinajstić information content (AvgIpc) is 2.03. The molecular formula is C5H2BrClN2O2. The highest BCUT2D eigenvalue weighted by atomic mass is 79.9. The van der Waals surface area contributed by atoms with E-state index in [1.54, 1.807) is 0 Å². The lowest BCUT2D eigenvalue weighted by Crippen LogP contribution is -2.01. The molecule has 58 valence electrons. The summed E-state index contributed by atoms with van der Waals surface area (Å²) in [6.45, 7) is 0. The molecule has 0 N–H and O–H groups in total. The van der Waals surface area contributed by atoms with Crippen LogP contribution in [0, 0.1) is 0 Å². The highest BCUT2D eigenvalue weighted by Gasteiger charge is 2.07. The summed E-state index contributed by atoms with van der Waals surface area (Å²) in [5, 5.41) is 0.153. The molecule has 11 heavy (non-hydrogen) atoms. The molecule has 0 saturated carbocycles. The highest BCUT2D eigenvalue weighted by molar-refractivity contribution is 9.06. The fourth-order valence-electron chi connectivity index (χ4n) is 0.480. The number of hydrogen-bond acceptors (Lipinski definition) is 4. The zero-order chi connectivity index (χ0) is 8.27. The van der Waals surface area contributed by atoms with Gasteiger partial charge in [0.1, 0.15) is 5.15 Å². The third-order valence-electron chi connectivity index (χ3n) is 0.884. The quantitative estimate of drug-likeness (QED) is 0.744. The second-order valence-corrected chi connectivity index (χ2v) is 2.30. The number of carbonyl (C=O) groups is 1. The van der Waals surface area contributed by atoms with Gasteiger partial charge >= 0.3 is 5.97 Å². The molecule has 0 saturated heterocycles. The van der Waals surface area contributed by atoms with E-state index >= 15 is 0 Å². The summed E-state index contributed by atoms with van der Waals surface area (Å²) in [6, 6.07) is 0. The topological polar surface area (TPSA) is 52.1 Å². The van der Waals surface area contributed by atoms with Gasteiger partial charge in [-0.2, -0.15) is 0 Å². The Morgan fingerprint density at radius 3 is 2.91 bits per heavy atom. The molecule has 1 aromatic rings. The van der Waals surface area contributed by atoms with Crippen molar-refractivity contribution >= 4 is 33.8 Å². The summed E-state index contributed by atoms with van der Waals surface area (Å²) in [5.74, 6) is -0.625. The first-order valence-corrected chi connectivity index (χ1v) is 3.57. The van der Waals surface area contributed by atoms with Crippen molar-refractivity contribution in [3.63, 3.8) is 0 Å². The molecule has 0 fully saturated rings. The average molecular weight is 237 g/mol. The molecule has 0 aliphatic heterocycles. The minimum absolute atomic E-state index is 0.0642. The van der Waals surface area contributed by atoms with E-state index in [-0.39, 0.29) is 10.8 Å². The summed E-state index contributed by atoms with van der Waals surface area (Å²) < 4.78 is 4.20. The van der Waals surface area contributed by atoms with Gasteiger partial charge < -0.3 is 3.83 Å². The standard InChI is InChI=1S/C5H2BrClN2O2/c6-11-5(10)3-1-8-2-4(7)9-3/h1-2H. The van der Waals surface area contributed by atoms with Crippen LogP contribution in [0.4, 0.5) is 0 Å². The number of carbonyl (C=O) groups excluding carboxylic acids is 1. The van der Waals surface area contributed by atoms with Gasteiger partial charge in [-0.15, -0.1) is 0 Å². The monoisotopic (exact) mass is 236 g/mol. The summed E-state index contributed by atoms with van der Waals surface area (Å²) >= 11 is 7.96. The first kappa shape index (κ1) is 8.42. The molecule has 0 atom stereocenters. The summed E-state index contributed by atoms with van der Waals surface area (Å²) in [7, 11) is 0. The lowest BCUT2D eigenvalue weighted by molar-refractivity contribution is 0.0775. The van der Waals surface area contributed by atoms with Crippen molar-refractivity contribution in [1.29, 1.82) is 0 Å². The Bertz CT molecular complexity index is 281. The molecule has 0 aromatic carbocycles. The Kier molecular flexibility index (Phi) is 2.78. The fraction of sp³-hybridized carbons (Fsp3) is 0. The summed E-state index contributed by atoms with van der Waals surface area (Å²) in [6.07, 6.45) is 2.59. The molecule has 6 heteroatoms. The fourth-order valence-corrected chi connectivity index (χ4v) is 0.793. The second-order valence-electron chi connectivity index (χ2n) is 1.59. The number of hydrogen-bond donors (Lipinski definition) is 0. The Morgan fingerprint density at radius 2 is 2.36 bits per heavy atom. The van der Waals surface area contributed by atoms with Crippen LogP contribution in [0.25, 0.3) is 0 Å². The molecule has 1 heterocycles. The minimum Gasteiger partial charge on any atom is -0.379 e. The zero-order valence-electron chi connectivity index (χ0n) is 5.12. The maximum Gasteiger partial charge on any atom is 0.370 e. The minimum atomic E-state index is -0.625. The van der Waals surface area contributed by atoms with Crippen molar-refractivity contribution in [2.45, 2.75) is 0 Å². The van der Waals surface area contributed by atoms with Gasteiger partial charge in [0.05, 0.1) is 12.4 Å². The molecule has 0 radical (unpaired) electrons. The van der Waals surface area contributed by atoms with E-state index in [9.17, 15) is 4.79 Å². The van der Waals surface area contributed by atoms with Gasteiger partial charge in [-0.05, 0) is 0 Å². The van der Waals surface area contributed by atoms with E-state index in [2.05, 4.69) is 30.1 Å². The Labute approximate surface area is 76.0 Å². The zero-order valence-corrected chi connectivity index (χ0v) is 7.46. The third-order valence-corrected chi connectivity index (χ3v) is 1.36. The van der Waals surface area contributed by atoms with Crippen LogP contribution >= 0.6 is 27.9 Å². The van der Waals surface area contributed by atoms with Crippen LogP contribution in [0.5, 0.6) is 0 Å². The third kappa shape index (κ3) is 2.13. The van der Waals surface area contributed by atoms with Crippen LogP contribution < -0.4 is 0 Å². The Hall–Kier alpha value is -0.680. The number of rotatable bonds is 1. The Morgan fingerprint density at radius 1 is 1.64 bits per heavy atom. The van der Waals surface area contributed by atoms with Gasteiger partial charge in [-0.25, -0.2) is 9.78 Å². The van der Waals surface area contributed by atoms with Crippen LogP contribution in [-0.2, 0) is 3.83 Å². The lowest BCUT2D eigenvalue weighted by atomic mass is 10.5. The predicted molar refractivity (Wildman–Crippen MR) is 41.4 cm³/mol. The smallest absolute Gasteiger partial charge is 0.370 e. The molecule has 0 bridgehead atoms. The number of aromatic nitrogens is 2. The molecule has 0 amide bonds. The SMILES string of the molecule is O=C(OBr)c1cncc(Cl)n1. The van der Waals surface area contributed by atoms with E-state index < -0.39 is 5.97 Å². The van der Waals surface area contributed by atoms with Crippen molar-refractivity contribution < 1.29 is 8.62 Å². The van der Waals surface area contributed by atoms with Crippen LogP contribution in [0.1, 0.15) is 10.5 Å². The number of nitrogens with zero attached hydrogens (tertiary/aromatic N) is 2. The van der Waals surface area contributed by atoms with Crippen molar-refractivity contribution in [2.24, 2.45) is 0 Å². The molecule has 0 unspecified atom stereocenters. The van der Waals surface area contributed by atoms with E-state index in [1.165, 1.54) is 12.4 Å². The molecule has 1 rings (SSSR count). The van der Waals surface area contributed by atoms with E-state index in [1.807, 2.05) is 0 Å². The molecular weight excluding hydrogens is 235 g/mol. The van der Waals surface area contributed by atoms with Crippen LogP contribution in [-0.4, -0.2) is 15.9 Å². The van der Waals surface area contributed by atoms with Gasteiger partial charge in [0.25, 0.3) is 0 Å². The summed E-state index contributed by atoms with van der Waals surface area (Å²) in [5.41, 5.74) is 0.0642. The first-order valence-electron chi connectivity index (χ1n) is 2.54. The van der Waals surface area contributed by atoms with Crippen LogP contribution in [0.3, 0.4) is 0 Å². The van der Waals surface area contributed by atoms with E-state index in [0.717, 1.165) is 0 Å². The van der Waals surface area contributed by atoms with Crippen LogP contribution in [0.15, 0.2) is 12.4 Å².